The third-order valence-electron chi connectivity index (χ3n) is 6.58. The molecule has 0 bridgehead atoms. The van der Waals surface area contributed by atoms with E-state index in [0.29, 0.717) is 30.2 Å². The van der Waals surface area contributed by atoms with E-state index < -0.39 is 0 Å². The van der Waals surface area contributed by atoms with Gasteiger partial charge in [-0.05, 0) is 23.5 Å². The van der Waals surface area contributed by atoms with Crippen molar-refractivity contribution in [2.75, 3.05) is 0 Å². The standard InChI is InChI=1S/C27H24N4O2/c1-16-9-7-8-12-18(16)24-29-25-23-21(17-10-5-4-6-11-17)22-19(32)13-27(2,3)14-20(22)33-26(23)28-15-31(25)30-24/h4-12,15,21H,13-14H2,1-3H3/t21-/m1/s1. The normalized spacial score (nSPS) is 19.2. The van der Waals surface area contributed by atoms with E-state index in [-0.39, 0.29) is 17.1 Å². The number of hydrogen-bond acceptors (Lipinski definition) is 5. The molecular formula is C27H24N4O2. The van der Waals surface area contributed by atoms with Crippen LogP contribution in [0.1, 0.15) is 49.3 Å². The van der Waals surface area contributed by atoms with E-state index in [4.69, 9.17) is 14.8 Å². The third kappa shape index (κ3) is 3.17. The highest BCUT2D eigenvalue weighted by Gasteiger charge is 2.43. The van der Waals surface area contributed by atoms with Gasteiger partial charge in [0, 0.05) is 29.9 Å². The molecule has 0 amide bonds. The fourth-order valence-electron chi connectivity index (χ4n) is 5.06. The first-order chi connectivity index (χ1) is 15.9. The molecule has 6 rings (SSSR count). The van der Waals surface area contributed by atoms with Gasteiger partial charge in [0.05, 0.1) is 5.56 Å². The number of fused-ring (bicyclic) bond motifs is 3. The van der Waals surface area contributed by atoms with Crippen LogP contribution in [0.2, 0.25) is 0 Å². The van der Waals surface area contributed by atoms with Gasteiger partial charge in [-0.2, -0.15) is 0 Å². The zero-order valence-electron chi connectivity index (χ0n) is 18.9. The molecule has 1 aliphatic heterocycles. The Morgan fingerprint density at radius 1 is 1.03 bits per heavy atom. The van der Waals surface area contributed by atoms with Gasteiger partial charge in [0.25, 0.3) is 0 Å². The molecule has 2 aliphatic rings. The van der Waals surface area contributed by atoms with Gasteiger partial charge in [0.2, 0.25) is 5.88 Å². The number of rotatable bonds is 2. The van der Waals surface area contributed by atoms with Crippen molar-refractivity contribution in [2.24, 2.45) is 5.41 Å². The van der Waals surface area contributed by atoms with Crippen LogP contribution in [0.4, 0.5) is 0 Å². The topological polar surface area (TPSA) is 69.4 Å². The van der Waals surface area contributed by atoms with Crippen molar-refractivity contribution in [1.29, 1.82) is 0 Å². The van der Waals surface area contributed by atoms with Crippen LogP contribution in [-0.4, -0.2) is 25.4 Å². The second kappa shape index (κ2) is 7.10. The van der Waals surface area contributed by atoms with Crippen LogP contribution in [0.25, 0.3) is 17.0 Å². The van der Waals surface area contributed by atoms with Crippen LogP contribution in [0.5, 0.6) is 5.88 Å². The number of aryl methyl sites for hydroxylation is 1. The van der Waals surface area contributed by atoms with Gasteiger partial charge in [-0.3, -0.25) is 4.79 Å². The van der Waals surface area contributed by atoms with E-state index >= 15 is 0 Å². The molecule has 2 aromatic carbocycles. The van der Waals surface area contributed by atoms with E-state index in [9.17, 15) is 4.79 Å². The van der Waals surface area contributed by atoms with Gasteiger partial charge in [-0.1, -0.05) is 68.4 Å². The number of nitrogens with zero attached hydrogens (tertiary/aromatic N) is 4. The third-order valence-corrected chi connectivity index (χ3v) is 6.58. The van der Waals surface area contributed by atoms with Crippen LogP contribution in [0.15, 0.2) is 72.3 Å². The van der Waals surface area contributed by atoms with Gasteiger partial charge in [0.15, 0.2) is 17.3 Å². The number of benzene rings is 2. The Balaban J connectivity index is 1.61. The second-order valence-corrected chi connectivity index (χ2v) is 9.71. The zero-order chi connectivity index (χ0) is 22.7. The summed E-state index contributed by atoms with van der Waals surface area (Å²) >= 11 is 0. The lowest BCUT2D eigenvalue weighted by Crippen LogP contribution is -2.33. The summed E-state index contributed by atoms with van der Waals surface area (Å²) in [5, 5.41) is 4.71. The summed E-state index contributed by atoms with van der Waals surface area (Å²) in [6.45, 7) is 6.26. The van der Waals surface area contributed by atoms with Crippen molar-refractivity contribution in [2.45, 2.75) is 39.5 Å². The van der Waals surface area contributed by atoms with Crippen LogP contribution < -0.4 is 4.74 Å². The number of ketones is 1. The minimum Gasteiger partial charge on any atom is -0.442 e. The van der Waals surface area contributed by atoms with Crippen molar-refractivity contribution >= 4 is 11.4 Å². The van der Waals surface area contributed by atoms with E-state index in [1.807, 2.05) is 49.4 Å². The largest absolute Gasteiger partial charge is 0.442 e. The molecule has 1 atom stereocenters. The molecule has 3 heterocycles. The number of hydrogen-bond donors (Lipinski definition) is 0. The van der Waals surface area contributed by atoms with Crippen LogP contribution >= 0.6 is 0 Å². The van der Waals surface area contributed by atoms with Gasteiger partial charge in [0.1, 0.15) is 12.1 Å². The molecule has 0 fully saturated rings. The Bertz CT molecular complexity index is 1450. The Morgan fingerprint density at radius 2 is 1.79 bits per heavy atom. The summed E-state index contributed by atoms with van der Waals surface area (Å²) in [4.78, 5) is 23.0. The fraction of sp³-hybridized carbons (Fsp3) is 0.259. The number of Topliss-reactive ketones (excluding diaryl/α,β-unsaturated/α-hetero) is 1. The quantitative estimate of drug-likeness (QED) is 0.428. The Labute approximate surface area is 192 Å². The van der Waals surface area contributed by atoms with Crippen LogP contribution in [-0.2, 0) is 4.79 Å². The maximum absolute atomic E-state index is 13.4. The van der Waals surface area contributed by atoms with Crippen LogP contribution in [0.3, 0.4) is 0 Å². The summed E-state index contributed by atoms with van der Waals surface area (Å²) in [6.07, 6.45) is 2.84. The molecule has 1 aliphatic carbocycles. The van der Waals surface area contributed by atoms with Crippen molar-refractivity contribution in [3.8, 4) is 17.3 Å². The number of ether oxygens (including phenoxy) is 1. The number of carbonyl (C=O) groups is 1. The van der Waals surface area contributed by atoms with E-state index in [2.05, 4.69) is 31.0 Å². The second-order valence-electron chi connectivity index (χ2n) is 9.71. The predicted octanol–water partition coefficient (Wildman–Crippen LogP) is 5.27. The zero-order valence-corrected chi connectivity index (χ0v) is 18.9. The highest BCUT2D eigenvalue weighted by atomic mass is 16.5. The molecule has 2 aromatic heterocycles. The molecule has 6 nitrogen and oxygen atoms in total. The van der Waals surface area contributed by atoms with Gasteiger partial charge in [-0.25, -0.2) is 14.5 Å². The summed E-state index contributed by atoms with van der Waals surface area (Å²) in [6, 6.07) is 18.1. The Hall–Kier alpha value is -3.80. The first-order valence-corrected chi connectivity index (χ1v) is 11.2. The minimum atomic E-state index is -0.293. The number of allylic oxidation sites excluding steroid dienone is 2. The predicted molar refractivity (Wildman–Crippen MR) is 125 cm³/mol. The molecule has 164 valence electrons. The molecule has 0 spiro atoms. The minimum absolute atomic E-state index is 0.126. The van der Waals surface area contributed by atoms with Crippen LogP contribution in [0, 0.1) is 12.3 Å². The van der Waals surface area contributed by atoms with Gasteiger partial charge in [-0.15, -0.1) is 5.10 Å². The molecule has 0 radical (unpaired) electrons. The monoisotopic (exact) mass is 436 g/mol. The molecule has 33 heavy (non-hydrogen) atoms. The highest BCUT2D eigenvalue weighted by molar-refractivity contribution is 6.00. The lowest BCUT2D eigenvalue weighted by Gasteiger charge is -2.37. The van der Waals surface area contributed by atoms with Gasteiger partial charge >= 0.3 is 0 Å². The van der Waals surface area contributed by atoms with Crippen molar-refractivity contribution < 1.29 is 9.53 Å². The first-order valence-electron chi connectivity index (χ1n) is 11.2. The molecular weight excluding hydrogens is 412 g/mol. The Kier molecular flexibility index (Phi) is 4.27. The molecule has 0 saturated carbocycles. The molecule has 6 heteroatoms. The number of carbonyl (C=O) groups excluding carboxylic acids is 1. The van der Waals surface area contributed by atoms with Gasteiger partial charge < -0.3 is 4.74 Å². The molecule has 0 N–H and O–H groups in total. The maximum atomic E-state index is 13.4. The smallest absolute Gasteiger partial charge is 0.228 e. The summed E-state index contributed by atoms with van der Waals surface area (Å²) in [5.41, 5.74) is 5.13. The van der Waals surface area contributed by atoms with Crippen molar-refractivity contribution in [3.05, 3.63) is 88.9 Å². The summed E-state index contributed by atoms with van der Waals surface area (Å²) in [7, 11) is 0. The molecule has 0 saturated heterocycles. The van der Waals surface area contributed by atoms with E-state index in [1.165, 1.54) is 0 Å². The highest BCUT2D eigenvalue weighted by Crippen LogP contribution is 2.50. The van der Waals surface area contributed by atoms with E-state index in [0.717, 1.165) is 33.6 Å². The molecule has 0 unspecified atom stereocenters. The summed E-state index contributed by atoms with van der Waals surface area (Å²) in [5.74, 6) is 1.70. The molecule has 4 aromatic rings. The number of aromatic nitrogens is 4. The fourth-order valence-corrected chi connectivity index (χ4v) is 5.06. The Morgan fingerprint density at radius 3 is 2.58 bits per heavy atom. The van der Waals surface area contributed by atoms with Crippen molar-refractivity contribution in [3.63, 3.8) is 0 Å². The average molecular weight is 437 g/mol. The lowest BCUT2D eigenvalue weighted by atomic mass is 9.70. The average Bonchev–Trinajstić information content (AvgIpc) is 3.22. The summed E-state index contributed by atoms with van der Waals surface area (Å²) < 4.78 is 8.00. The van der Waals surface area contributed by atoms with E-state index in [1.54, 1.807) is 10.8 Å². The first kappa shape index (κ1) is 19.9. The lowest BCUT2D eigenvalue weighted by molar-refractivity contribution is -0.118. The SMILES string of the molecule is Cc1ccccc1-c1nc2c3c(ncn2n1)OC1=C(C(=O)CC(C)(C)C1)[C@H]3c1ccccc1. The van der Waals surface area contributed by atoms with Crippen molar-refractivity contribution in [1.82, 2.24) is 19.6 Å². The maximum Gasteiger partial charge on any atom is 0.228 e.